The van der Waals surface area contributed by atoms with Crippen LogP contribution in [0.2, 0.25) is 0 Å². The summed E-state index contributed by atoms with van der Waals surface area (Å²) in [6.45, 7) is 5.22. The van der Waals surface area contributed by atoms with E-state index in [1.165, 1.54) is 0 Å². The van der Waals surface area contributed by atoms with Crippen LogP contribution in [0.15, 0.2) is 0 Å². The minimum Gasteiger partial charge on any atom is -0.382 e. The first-order chi connectivity index (χ1) is 7.89. The molecule has 0 spiro atoms. The molecular weight excluding hydrogens is 220 g/mol. The largest absolute Gasteiger partial charge is 0.382 e. The highest BCUT2D eigenvalue weighted by Gasteiger charge is 2.36. The Balaban J connectivity index is 2.53. The summed E-state index contributed by atoms with van der Waals surface area (Å²) in [4.78, 5) is 14.2. The number of amides is 1. The van der Waals surface area contributed by atoms with Gasteiger partial charge in [0.15, 0.2) is 0 Å². The van der Waals surface area contributed by atoms with Gasteiger partial charge in [0.2, 0.25) is 5.91 Å². The predicted molar refractivity (Wildman–Crippen MR) is 65.9 cm³/mol. The zero-order chi connectivity index (χ0) is 13.1. The third-order valence-electron chi connectivity index (χ3n) is 3.11. The van der Waals surface area contributed by atoms with Crippen LogP contribution >= 0.6 is 0 Å². The number of hydrogen-bond donors (Lipinski definition) is 1. The summed E-state index contributed by atoms with van der Waals surface area (Å²) in [6.07, 6.45) is 0.906. The zero-order valence-electron chi connectivity index (χ0n) is 11.4. The number of carbonyl (C=O) groups excluding carboxylic acids is 1. The molecule has 0 aromatic rings. The van der Waals surface area contributed by atoms with Crippen LogP contribution in [0.1, 0.15) is 20.3 Å². The molecule has 0 aromatic heterocycles. The van der Waals surface area contributed by atoms with Crippen LogP contribution in [-0.4, -0.2) is 62.9 Å². The summed E-state index contributed by atoms with van der Waals surface area (Å²) >= 11 is 0. The molecule has 0 aliphatic carbocycles. The molecule has 5 nitrogen and oxygen atoms in total. The fraction of sp³-hybridized carbons (Fsp3) is 0.917. The number of likely N-dealkylation sites (tertiary alicyclic amines) is 1. The van der Waals surface area contributed by atoms with Gasteiger partial charge in [0.25, 0.3) is 0 Å². The molecule has 1 aliphatic rings. The first kappa shape index (κ1) is 14.4. The van der Waals surface area contributed by atoms with E-state index in [0.29, 0.717) is 6.61 Å². The molecule has 0 unspecified atom stereocenters. The van der Waals surface area contributed by atoms with E-state index in [-0.39, 0.29) is 23.6 Å². The van der Waals surface area contributed by atoms with Crippen molar-refractivity contribution in [2.45, 2.75) is 38.0 Å². The fourth-order valence-electron chi connectivity index (χ4n) is 2.24. The van der Waals surface area contributed by atoms with Gasteiger partial charge >= 0.3 is 0 Å². The SMILES string of the molecule is COCC(C)(C)NC(=O)[C@@H]1C[C@H](OC)CN1C. The molecular formula is C12H24N2O3. The molecule has 1 saturated heterocycles. The molecule has 0 aromatic carbocycles. The number of nitrogens with one attached hydrogen (secondary N) is 1. The van der Waals surface area contributed by atoms with E-state index in [2.05, 4.69) is 5.32 Å². The van der Waals surface area contributed by atoms with Crippen molar-refractivity contribution >= 4 is 5.91 Å². The van der Waals surface area contributed by atoms with E-state index in [1.54, 1.807) is 14.2 Å². The standard InChI is InChI=1S/C12H24N2O3/c1-12(2,8-16-4)13-11(15)10-6-9(17-5)7-14(10)3/h9-10H,6-8H2,1-5H3,(H,13,15)/t9-,10-/m0/s1. The third-order valence-corrected chi connectivity index (χ3v) is 3.11. The zero-order valence-corrected chi connectivity index (χ0v) is 11.4. The second-order valence-corrected chi connectivity index (χ2v) is 5.35. The minimum absolute atomic E-state index is 0.0501. The average Bonchev–Trinajstić information content (AvgIpc) is 2.58. The van der Waals surface area contributed by atoms with Crippen LogP contribution in [0, 0.1) is 0 Å². The van der Waals surface area contributed by atoms with E-state index >= 15 is 0 Å². The van der Waals surface area contributed by atoms with Gasteiger partial charge in [-0.15, -0.1) is 0 Å². The monoisotopic (exact) mass is 244 g/mol. The lowest BCUT2D eigenvalue weighted by Gasteiger charge is -2.28. The molecule has 1 fully saturated rings. The molecule has 0 bridgehead atoms. The molecule has 100 valence electrons. The van der Waals surface area contributed by atoms with Gasteiger partial charge in [-0.05, 0) is 27.3 Å². The first-order valence-corrected chi connectivity index (χ1v) is 5.93. The number of hydrogen-bond acceptors (Lipinski definition) is 4. The Bertz CT molecular complexity index is 268. The highest BCUT2D eigenvalue weighted by molar-refractivity contribution is 5.82. The quantitative estimate of drug-likeness (QED) is 0.753. The molecule has 1 N–H and O–H groups in total. The summed E-state index contributed by atoms with van der Waals surface area (Å²) < 4.78 is 10.4. The van der Waals surface area contributed by atoms with Crippen molar-refractivity contribution in [1.82, 2.24) is 10.2 Å². The van der Waals surface area contributed by atoms with E-state index in [0.717, 1.165) is 13.0 Å². The Morgan fingerprint density at radius 2 is 2.12 bits per heavy atom. The summed E-state index contributed by atoms with van der Waals surface area (Å²) in [6, 6.07) is -0.101. The van der Waals surface area contributed by atoms with Gasteiger partial charge in [-0.3, -0.25) is 9.69 Å². The Morgan fingerprint density at radius 3 is 2.59 bits per heavy atom. The van der Waals surface area contributed by atoms with Crippen LogP contribution in [0.3, 0.4) is 0 Å². The molecule has 17 heavy (non-hydrogen) atoms. The van der Waals surface area contributed by atoms with Crippen molar-refractivity contribution in [1.29, 1.82) is 0 Å². The smallest absolute Gasteiger partial charge is 0.237 e. The highest BCUT2D eigenvalue weighted by Crippen LogP contribution is 2.19. The topological polar surface area (TPSA) is 50.8 Å². The molecule has 5 heteroatoms. The van der Waals surface area contributed by atoms with Gasteiger partial charge in [0, 0.05) is 20.8 Å². The molecule has 1 heterocycles. The maximum Gasteiger partial charge on any atom is 0.237 e. The Hall–Kier alpha value is -0.650. The van der Waals surface area contributed by atoms with Gasteiger partial charge in [-0.25, -0.2) is 0 Å². The van der Waals surface area contributed by atoms with Crippen LogP contribution < -0.4 is 5.32 Å². The van der Waals surface area contributed by atoms with Gasteiger partial charge < -0.3 is 14.8 Å². The van der Waals surface area contributed by atoms with Crippen LogP contribution in [-0.2, 0) is 14.3 Å². The molecule has 1 amide bonds. The second-order valence-electron chi connectivity index (χ2n) is 5.35. The molecule has 1 aliphatic heterocycles. The Kier molecular flexibility index (Phi) is 4.91. The second kappa shape index (κ2) is 5.80. The number of ether oxygens (including phenoxy) is 2. The number of carbonyl (C=O) groups is 1. The van der Waals surface area contributed by atoms with Crippen LogP contribution in [0.4, 0.5) is 0 Å². The number of nitrogens with zero attached hydrogens (tertiary/aromatic N) is 1. The number of methoxy groups -OCH3 is 2. The lowest BCUT2D eigenvalue weighted by Crippen LogP contribution is -2.52. The third kappa shape index (κ3) is 3.94. The maximum absolute atomic E-state index is 12.1. The number of likely N-dealkylation sites (N-methyl/N-ethyl adjacent to an activating group) is 1. The first-order valence-electron chi connectivity index (χ1n) is 5.93. The highest BCUT2D eigenvalue weighted by atomic mass is 16.5. The number of rotatable bonds is 5. The van der Waals surface area contributed by atoms with Crippen molar-refractivity contribution in [3.63, 3.8) is 0 Å². The van der Waals surface area contributed by atoms with Crippen molar-refractivity contribution in [3.05, 3.63) is 0 Å². The van der Waals surface area contributed by atoms with Crippen LogP contribution in [0.5, 0.6) is 0 Å². The molecule has 0 radical (unpaired) electrons. The summed E-state index contributed by atoms with van der Waals surface area (Å²) in [5, 5.41) is 3.01. The molecule has 2 atom stereocenters. The van der Waals surface area contributed by atoms with Crippen LogP contribution in [0.25, 0.3) is 0 Å². The van der Waals surface area contributed by atoms with Crippen molar-refractivity contribution in [3.8, 4) is 0 Å². The lowest BCUT2D eigenvalue weighted by atomic mass is 10.1. The molecule has 1 rings (SSSR count). The summed E-state index contributed by atoms with van der Waals surface area (Å²) in [5.41, 5.74) is -0.335. The van der Waals surface area contributed by atoms with Crippen molar-refractivity contribution < 1.29 is 14.3 Å². The normalized spacial score (nSPS) is 26.2. The van der Waals surface area contributed by atoms with E-state index in [4.69, 9.17) is 9.47 Å². The predicted octanol–water partition coefficient (Wildman–Crippen LogP) is 0.247. The lowest BCUT2D eigenvalue weighted by molar-refractivity contribution is -0.127. The summed E-state index contributed by atoms with van der Waals surface area (Å²) in [5.74, 6) is 0.0501. The van der Waals surface area contributed by atoms with E-state index in [1.807, 2.05) is 25.8 Å². The van der Waals surface area contributed by atoms with E-state index < -0.39 is 0 Å². The fourth-order valence-corrected chi connectivity index (χ4v) is 2.24. The maximum atomic E-state index is 12.1. The average molecular weight is 244 g/mol. The van der Waals surface area contributed by atoms with Gasteiger partial charge in [0.05, 0.1) is 24.3 Å². The van der Waals surface area contributed by atoms with Crippen molar-refractivity contribution in [2.24, 2.45) is 0 Å². The minimum atomic E-state index is -0.335. The Morgan fingerprint density at radius 1 is 1.47 bits per heavy atom. The van der Waals surface area contributed by atoms with Gasteiger partial charge in [0.1, 0.15) is 0 Å². The summed E-state index contributed by atoms with van der Waals surface area (Å²) in [7, 11) is 5.27. The van der Waals surface area contributed by atoms with Crippen molar-refractivity contribution in [2.75, 3.05) is 34.4 Å². The molecule has 0 saturated carbocycles. The van der Waals surface area contributed by atoms with E-state index in [9.17, 15) is 4.79 Å². The van der Waals surface area contributed by atoms with Gasteiger partial charge in [-0.1, -0.05) is 0 Å². The van der Waals surface area contributed by atoms with Gasteiger partial charge in [-0.2, -0.15) is 0 Å². The Labute approximate surface area is 103 Å².